The van der Waals surface area contributed by atoms with Gasteiger partial charge in [0.2, 0.25) is 0 Å². The number of benzene rings is 2. The van der Waals surface area contributed by atoms with Gasteiger partial charge in [-0.05, 0) is 42.3 Å². The van der Waals surface area contributed by atoms with Crippen molar-refractivity contribution in [3.05, 3.63) is 76.5 Å². The van der Waals surface area contributed by atoms with Crippen LogP contribution in [0.2, 0.25) is 0 Å². The molecule has 0 amide bonds. The summed E-state index contributed by atoms with van der Waals surface area (Å²) in [6.45, 7) is 2.65. The first kappa shape index (κ1) is 17.7. The molecule has 27 heavy (non-hydrogen) atoms. The Kier molecular flexibility index (Phi) is 4.90. The summed E-state index contributed by atoms with van der Waals surface area (Å²) in [4.78, 5) is 21.9. The van der Waals surface area contributed by atoms with Crippen LogP contribution < -0.4 is 5.56 Å². The molecule has 0 fully saturated rings. The standard InChI is InChI=1S/C21H18FN3OS/c1-2-12-25-20(26)16-6-3-4-8-18(16)24-21(25)27-13-14-9-10-17(22)15-7-5-11-23-19(14)15/h3-11H,2,12-13H2,1H3. The van der Waals surface area contributed by atoms with Crippen LogP contribution in [0.3, 0.4) is 0 Å². The molecule has 2 aromatic carbocycles. The van der Waals surface area contributed by atoms with Gasteiger partial charge in [0, 0.05) is 23.9 Å². The molecule has 0 saturated carbocycles. The molecule has 0 bridgehead atoms. The smallest absolute Gasteiger partial charge is 0.262 e. The lowest BCUT2D eigenvalue weighted by molar-refractivity contribution is 0.585. The second-order valence-electron chi connectivity index (χ2n) is 6.26. The zero-order valence-corrected chi connectivity index (χ0v) is 15.7. The van der Waals surface area contributed by atoms with E-state index in [0.29, 0.717) is 39.3 Å². The summed E-state index contributed by atoms with van der Waals surface area (Å²) in [6, 6.07) is 14.1. The molecule has 0 spiro atoms. The highest BCUT2D eigenvalue weighted by atomic mass is 32.2. The van der Waals surface area contributed by atoms with Crippen LogP contribution in [-0.4, -0.2) is 14.5 Å². The third-order valence-electron chi connectivity index (χ3n) is 4.43. The van der Waals surface area contributed by atoms with Crippen molar-refractivity contribution in [3.63, 3.8) is 0 Å². The molecule has 0 atom stereocenters. The number of hydrogen-bond donors (Lipinski definition) is 0. The minimum Gasteiger partial charge on any atom is -0.287 e. The molecule has 2 heterocycles. The first-order valence-corrected chi connectivity index (χ1v) is 9.82. The van der Waals surface area contributed by atoms with Gasteiger partial charge < -0.3 is 0 Å². The van der Waals surface area contributed by atoms with E-state index < -0.39 is 0 Å². The quantitative estimate of drug-likeness (QED) is 0.370. The van der Waals surface area contributed by atoms with E-state index >= 15 is 0 Å². The molecule has 4 rings (SSSR count). The maximum atomic E-state index is 14.0. The summed E-state index contributed by atoms with van der Waals surface area (Å²) < 4.78 is 15.7. The maximum absolute atomic E-state index is 14.0. The Balaban J connectivity index is 1.75. The summed E-state index contributed by atoms with van der Waals surface area (Å²) in [6.07, 6.45) is 2.51. The number of hydrogen-bond acceptors (Lipinski definition) is 4. The Labute approximate surface area is 160 Å². The predicted octanol–water partition coefficient (Wildman–Crippen LogP) is 4.79. The Morgan fingerprint density at radius 2 is 1.89 bits per heavy atom. The highest BCUT2D eigenvalue weighted by Gasteiger charge is 2.13. The Bertz CT molecular complexity index is 1190. The van der Waals surface area contributed by atoms with Crippen LogP contribution in [0, 0.1) is 5.82 Å². The van der Waals surface area contributed by atoms with Crippen molar-refractivity contribution in [2.45, 2.75) is 30.8 Å². The minimum absolute atomic E-state index is 0.0213. The van der Waals surface area contributed by atoms with Gasteiger partial charge in [-0.3, -0.25) is 14.3 Å². The van der Waals surface area contributed by atoms with Crippen molar-refractivity contribution in [2.75, 3.05) is 0 Å². The van der Waals surface area contributed by atoms with Gasteiger partial charge in [-0.1, -0.05) is 36.9 Å². The van der Waals surface area contributed by atoms with Gasteiger partial charge in [0.25, 0.3) is 5.56 Å². The van der Waals surface area contributed by atoms with Gasteiger partial charge >= 0.3 is 0 Å². The zero-order valence-electron chi connectivity index (χ0n) is 14.9. The molecule has 0 N–H and O–H groups in total. The summed E-state index contributed by atoms with van der Waals surface area (Å²) in [5.41, 5.74) is 2.24. The van der Waals surface area contributed by atoms with Crippen LogP contribution in [0.15, 0.2) is 64.7 Å². The first-order chi connectivity index (χ1) is 13.2. The maximum Gasteiger partial charge on any atom is 0.262 e. The molecule has 0 saturated heterocycles. The van der Waals surface area contributed by atoms with Gasteiger partial charge in [-0.2, -0.15) is 0 Å². The number of thioether (sulfide) groups is 1. The largest absolute Gasteiger partial charge is 0.287 e. The summed E-state index contributed by atoms with van der Waals surface area (Å²) >= 11 is 1.48. The third kappa shape index (κ3) is 3.32. The van der Waals surface area contributed by atoms with Crippen LogP contribution in [0.5, 0.6) is 0 Å². The van der Waals surface area contributed by atoms with E-state index in [-0.39, 0.29) is 11.4 Å². The average Bonchev–Trinajstić information content (AvgIpc) is 2.70. The number of aromatic nitrogens is 3. The minimum atomic E-state index is -0.279. The number of para-hydroxylation sites is 1. The molecule has 0 aliphatic carbocycles. The fourth-order valence-corrected chi connectivity index (χ4v) is 4.14. The van der Waals surface area contributed by atoms with Crippen LogP contribution >= 0.6 is 11.8 Å². The molecule has 0 unspecified atom stereocenters. The normalized spacial score (nSPS) is 11.3. The number of fused-ring (bicyclic) bond motifs is 2. The second-order valence-corrected chi connectivity index (χ2v) is 7.21. The van der Waals surface area contributed by atoms with Crippen LogP contribution in [0.25, 0.3) is 21.8 Å². The lowest BCUT2D eigenvalue weighted by Gasteiger charge is -2.13. The fraction of sp³-hybridized carbons (Fsp3) is 0.190. The van der Waals surface area contributed by atoms with Gasteiger partial charge in [0.05, 0.1) is 16.4 Å². The van der Waals surface area contributed by atoms with E-state index in [0.717, 1.165) is 12.0 Å². The van der Waals surface area contributed by atoms with Gasteiger partial charge in [0.15, 0.2) is 5.16 Å². The summed E-state index contributed by atoms with van der Waals surface area (Å²) in [7, 11) is 0. The van der Waals surface area contributed by atoms with Crippen molar-refractivity contribution >= 4 is 33.6 Å². The molecular weight excluding hydrogens is 361 g/mol. The molecule has 4 nitrogen and oxygen atoms in total. The van der Waals surface area contributed by atoms with Crippen molar-refractivity contribution in [2.24, 2.45) is 0 Å². The van der Waals surface area contributed by atoms with E-state index in [4.69, 9.17) is 4.98 Å². The molecule has 0 radical (unpaired) electrons. The first-order valence-electron chi connectivity index (χ1n) is 8.83. The van der Waals surface area contributed by atoms with Gasteiger partial charge in [-0.15, -0.1) is 0 Å². The Morgan fingerprint density at radius 3 is 2.74 bits per heavy atom. The molecule has 0 aliphatic heterocycles. The average molecular weight is 379 g/mol. The monoisotopic (exact) mass is 379 g/mol. The van der Waals surface area contributed by atoms with Crippen LogP contribution in [0.1, 0.15) is 18.9 Å². The van der Waals surface area contributed by atoms with E-state index in [2.05, 4.69) is 4.98 Å². The van der Waals surface area contributed by atoms with Crippen molar-refractivity contribution in [1.29, 1.82) is 0 Å². The summed E-state index contributed by atoms with van der Waals surface area (Å²) in [5.74, 6) is 0.279. The van der Waals surface area contributed by atoms with Crippen molar-refractivity contribution in [3.8, 4) is 0 Å². The predicted molar refractivity (Wildman–Crippen MR) is 108 cm³/mol. The van der Waals surface area contributed by atoms with E-state index in [1.807, 2.05) is 31.2 Å². The lowest BCUT2D eigenvalue weighted by atomic mass is 10.1. The van der Waals surface area contributed by atoms with E-state index in [9.17, 15) is 9.18 Å². The Hall–Kier alpha value is -2.73. The van der Waals surface area contributed by atoms with Gasteiger partial charge in [0.1, 0.15) is 5.82 Å². The SMILES string of the molecule is CCCn1c(SCc2ccc(F)c3cccnc23)nc2ccccc2c1=O. The highest BCUT2D eigenvalue weighted by Crippen LogP contribution is 2.27. The van der Waals surface area contributed by atoms with Crippen molar-refractivity contribution < 1.29 is 4.39 Å². The molecule has 0 aliphatic rings. The lowest BCUT2D eigenvalue weighted by Crippen LogP contribution is -2.23. The zero-order chi connectivity index (χ0) is 18.8. The van der Waals surface area contributed by atoms with Crippen LogP contribution in [0.4, 0.5) is 4.39 Å². The van der Waals surface area contributed by atoms with Crippen molar-refractivity contribution in [1.82, 2.24) is 14.5 Å². The second kappa shape index (κ2) is 7.48. The van der Waals surface area contributed by atoms with E-state index in [1.54, 1.807) is 29.0 Å². The molecule has 2 aromatic heterocycles. The summed E-state index contributed by atoms with van der Waals surface area (Å²) in [5, 5.41) is 1.81. The van der Waals surface area contributed by atoms with Gasteiger partial charge in [-0.25, -0.2) is 9.37 Å². The number of pyridine rings is 1. The number of rotatable bonds is 5. The molecule has 6 heteroatoms. The van der Waals surface area contributed by atoms with Crippen LogP contribution in [-0.2, 0) is 12.3 Å². The highest BCUT2D eigenvalue weighted by molar-refractivity contribution is 7.98. The molecule has 4 aromatic rings. The van der Waals surface area contributed by atoms with E-state index in [1.165, 1.54) is 17.8 Å². The number of halogens is 1. The third-order valence-corrected chi connectivity index (χ3v) is 5.46. The fourth-order valence-electron chi connectivity index (χ4n) is 3.13. The topological polar surface area (TPSA) is 47.8 Å². The molecule has 136 valence electrons. The number of nitrogens with zero attached hydrogens (tertiary/aromatic N) is 3. The molecular formula is C21H18FN3OS. The Morgan fingerprint density at radius 1 is 1.07 bits per heavy atom.